The lowest BCUT2D eigenvalue weighted by Gasteiger charge is -2.42. The topological polar surface area (TPSA) is 46.5 Å². The summed E-state index contributed by atoms with van der Waals surface area (Å²) < 4.78 is 5.34. The summed E-state index contributed by atoms with van der Waals surface area (Å²) in [5.74, 6) is 0.0999. The van der Waals surface area contributed by atoms with E-state index >= 15 is 0 Å². The number of hydrogen-bond donors (Lipinski definition) is 1. The van der Waals surface area contributed by atoms with E-state index in [0.29, 0.717) is 5.92 Å². The van der Waals surface area contributed by atoms with Crippen LogP contribution in [0.3, 0.4) is 0 Å². The minimum Gasteiger partial charge on any atom is -0.462 e. The van der Waals surface area contributed by atoms with E-state index in [1.54, 1.807) is 0 Å². The van der Waals surface area contributed by atoms with Crippen molar-refractivity contribution >= 4 is 5.97 Å². The second-order valence-corrected chi connectivity index (χ2v) is 6.04. The Kier molecular flexibility index (Phi) is 2.16. The quantitative estimate of drug-likeness (QED) is 0.673. The van der Waals surface area contributed by atoms with Crippen molar-refractivity contribution in [2.75, 3.05) is 0 Å². The van der Waals surface area contributed by atoms with Gasteiger partial charge >= 0.3 is 5.97 Å². The Hall–Kier alpha value is -0.570. The Morgan fingerprint density at radius 1 is 1.33 bits per heavy atom. The number of hydrogen-bond acceptors (Lipinski definition) is 3. The largest absolute Gasteiger partial charge is 0.462 e. The molecular formula is C12H20O3. The molecule has 15 heavy (non-hydrogen) atoms. The maximum Gasteiger partial charge on any atom is 0.302 e. The summed E-state index contributed by atoms with van der Waals surface area (Å²) in [7, 11) is 0. The zero-order valence-corrected chi connectivity index (χ0v) is 9.91. The first-order chi connectivity index (χ1) is 6.77. The van der Waals surface area contributed by atoms with E-state index in [4.69, 9.17) is 4.74 Å². The van der Waals surface area contributed by atoms with Crippen LogP contribution in [-0.2, 0) is 9.53 Å². The van der Waals surface area contributed by atoms with Gasteiger partial charge in [0.25, 0.3) is 0 Å². The molecule has 1 unspecified atom stereocenters. The Morgan fingerprint density at radius 3 is 2.33 bits per heavy atom. The van der Waals surface area contributed by atoms with Crippen LogP contribution in [0.4, 0.5) is 0 Å². The standard InChI is InChI=1S/C12H20O3/c1-7(13)15-9-6-12(4)5-8(9)11(2,3)10(12)14/h8-10,14H,5-6H2,1-4H3/t8-,9?,10-,12-/m1/s1. The summed E-state index contributed by atoms with van der Waals surface area (Å²) >= 11 is 0. The number of carbonyl (C=O) groups is 1. The van der Waals surface area contributed by atoms with E-state index in [1.807, 2.05) is 0 Å². The number of carbonyl (C=O) groups excluding carboxylic acids is 1. The predicted molar refractivity (Wildman–Crippen MR) is 56.2 cm³/mol. The monoisotopic (exact) mass is 212 g/mol. The molecule has 3 heteroatoms. The van der Waals surface area contributed by atoms with Crippen molar-refractivity contribution < 1.29 is 14.6 Å². The number of aliphatic hydroxyl groups is 1. The maximum atomic E-state index is 11.0. The first-order valence-corrected chi connectivity index (χ1v) is 5.63. The van der Waals surface area contributed by atoms with Crippen molar-refractivity contribution in [1.82, 2.24) is 0 Å². The van der Waals surface area contributed by atoms with Crippen molar-refractivity contribution in [3.05, 3.63) is 0 Å². The van der Waals surface area contributed by atoms with Gasteiger partial charge in [0.2, 0.25) is 0 Å². The molecule has 0 aromatic heterocycles. The highest BCUT2D eigenvalue weighted by Gasteiger charge is 2.64. The van der Waals surface area contributed by atoms with Gasteiger partial charge in [-0.1, -0.05) is 20.8 Å². The Labute approximate surface area is 90.8 Å². The number of esters is 1. The molecule has 0 spiro atoms. The molecular weight excluding hydrogens is 192 g/mol. The predicted octanol–water partition coefficient (Wildman–Crippen LogP) is 1.74. The highest BCUT2D eigenvalue weighted by Crippen LogP contribution is 2.63. The lowest BCUT2D eigenvalue weighted by Crippen LogP contribution is -2.46. The summed E-state index contributed by atoms with van der Waals surface area (Å²) in [4.78, 5) is 11.0. The number of ether oxygens (including phenoxy) is 1. The molecule has 86 valence electrons. The van der Waals surface area contributed by atoms with Crippen LogP contribution in [0.1, 0.15) is 40.5 Å². The lowest BCUT2D eigenvalue weighted by atomic mass is 9.69. The van der Waals surface area contributed by atoms with E-state index in [-0.39, 0.29) is 29.0 Å². The van der Waals surface area contributed by atoms with Gasteiger partial charge in [0.05, 0.1) is 6.10 Å². The van der Waals surface area contributed by atoms with E-state index in [2.05, 4.69) is 20.8 Å². The third kappa shape index (κ3) is 1.40. The molecule has 2 aliphatic carbocycles. The fraction of sp³-hybridized carbons (Fsp3) is 0.917. The minimum atomic E-state index is -0.276. The van der Waals surface area contributed by atoms with Crippen LogP contribution >= 0.6 is 0 Å². The Balaban J connectivity index is 2.22. The van der Waals surface area contributed by atoms with Gasteiger partial charge in [-0.25, -0.2) is 0 Å². The van der Waals surface area contributed by atoms with Gasteiger partial charge in [0, 0.05) is 12.8 Å². The summed E-state index contributed by atoms with van der Waals surface area (Å²) in [6.07, 6.45) is 1.51. The highest BCUT2D eigenvalue weighted by atomic mass is 16.5. The van der Waals surface area contributed by atoms with Crippen LogP contribution < -0.4 is 0 Å². The van der Waals surface area contributed by atoms with Gasteiger partial charge in [-0.2, -0.15) is 0 Å². The Morgan fingerprint density at radius 2 is 1.93 bits per heavy atom. The number of fused-ring (bicyclic) bond motifs is 2. The van der Waals surface area contributed by atoms with Gasteiger partial charge in [-0.3, -0.25) is 4.79 Å². The highest BCUT2D eigenvalue weighted by molar-refractivity contribution is 5.66. The maximum absolute atomic E-state index is 11.0. The SMILES string of the molecule is CC(=O)OC1C[C@@]2(C)C[C@H]1C(C)(C)[C@H]2O. The van der Waals surface area contributed by atoms with Crippen LogP contribution in [-0.4, -0.2) is 23.3 Å². The Bertz CT molecular complexity index is 292. The van der Waals surface area contributed by atoms with E-state index in [9.17, 15) is 9.90 Å². The molecule has 0 aromatic rings. The van der Waals surface area contributed by atoms with E-state index < -0.39 is 0 Å². The number of rotatable bonds is 1. The molecule has 0 aliphatic heterocycles. The average molecular weight is 212 g/mol. The van der Waals surface area contributed by atoms with Crippen molar-refractivity contribution in [1.29, 1.82) is 0 Å². The summed E-state index contributed by atoms with van der Waals surface area (Å²) in [6, 6.07) is 0. The number of aliphatic hydroxyl groups excluding tert-OH is 1. The molecule has 2 aliphatic rings. The van der Waals surface area contributed by atoms with Crippen molar-refractivity contribution in [3.8, 4) is 0 Å². The zero-order valence-electron chi connectivity index (χ0n) is 9.91. The first kappa shape index (κ1) is 10.9. The van der Waals surface area contributed by atoms with Crippen LogP contribution in [0.2, 0.25) is 0 Å². The van der Waals surface area contributed by atoms with Gasteiger partial charge in [0.15, 0.2) is 0 Å². The van der Waals surface area contributed by atoms with Crippen LogP contribution in [0.5, 0.6) is 0 Å². The van der Waals surface area contributed by atoms with Crippen LogP contribution in [0.25, 0.3) is 0 Å². The molecule has 0 radical (unpaired) electrons. The van der Waals surface area contributed by atoms with E-state index in [0.717, 1.165) is 12.8 Å². The minimum absolute atomic E-state index is 0.00546. The zero-order chi connectivity index (χ0) is 11.4. The fourth-order valence-electron chi connectivity index (χ4n) is 3.72. The fourth-order valence-corrected chi connectivity index (χ4v) is 3.72. The summed E-state index contributed by atoms with van der Waals surface area (Å²) in [6.45, 7) is 7.70. The molecule has 0 aromatic carbocycles. The summed E-state index contributed by atoms with van der Waals surface area (Å²) in [5, 5.41) is 10.2. The normalized spacial score (nSPS) is 46.9. The van der Waals surface area contributed by atoms with Gasteiger partial charge in [-0.05, 0) is 23.7 Å². The van der Waals surface area contributed by atoms with E-state index in [1.165, 1.54) is 6.92 Å². The second-order valence-electron chi connectivity index (χ2n) is 6.04. The van der Waals surface area contributed by atoms with Crippen molar-refractivity contribution in [3.63, 3.8) is 0 Å². The third-order valence-electron chi connectivity index (χ3n) is 4.44. The molecule has 2 rings (SSSR count). The molecule has 2 bridgehead atoms. The molecule has 0 saturated heterocycles. The van der Waals surface area contributed by atoms with Crippen LogP contribution in [0.15, 0.2) is 0 Å². The average Bonchev–Trinajstić information content (AvgIpc) is 2.48. The molecule has 2 saturated carbocycles. The smallest absolute Gasteiger partial charge is 0.302 e. The third-order valence-corrected chi connectivity index (χ3v) is 4.44. The molecule has 0 amide bonds. The molecule has 1 N–H and O–H groups in total. The van der Waals surface area contributed by atoms with Gasteiger partial charge in [0.1, 0.15) is 6.10 Å². The first-order valence-electron chi connectivity index (χ1n) is 5.63. The van der Waals surface area contributed by atoms with Gasteiger partial charge in [-0.15, -0.1) is 0 Å². The molecule has 4 atom stereocenters. The van der Waals surface area contributed by atoms with Gasteiger partial charge < -0.3 is 9.84 Å². The lowest BCUT2D eigenvalue weighted by molar-refractivity contribution is -0.157. The second kappa shape index (κ2) is 2.97. The van der Waals surface area contributed by atoms with Crippen molar-refractivity contribution in [2.45, 2.75) is 52.7 Å². The summed E-state index contributed by atoms with van der Waals surface area (Å²) in [5.41, 5.74) is -0.193. The van der Waals surface area contributed by atoms with Crippen molar-refractivity contribution in [2.24, 2.45) is 16.7 Å². The van der Waals surface area contributed by atoms with Crippen LogP contribution in [0, 0.1) is 16.7 Å². The molecule has 0 heterocycles. The molecule has 2 fully saturated rings. The molecule has 3 nitrogen and oxygen atoms in total.